The normalized spacial score (nSPS) is 17.0. The first-order valence-corrected chi connectivity index (χ1v) is 12.5. The van der Waals surface area contributed by atoms with Gasteiger partial charge in [-0.25, -0.2) is 9.24 Å². The maximum Gasteiger partial charge on any atom is 0.259 e. The minimum Gasteiger partial charge on any atom is -0.303 e. The highest BCUT2D eigenvalue weighted by Crippen LogP contribution is 2.49. The number of carbonyl (C=O) groups excluding carboxylic acids is 2. The number of rotatable bonds is 7. The zero-order chi connectivity index (χ0) is 25.5. The number of carbonyl (C=O) groups is 2. The Bertz CT molecular complexity index is 1250. The topological polar surface area (TPSA) is 45.0 Å². The third kappa shape index (κ3) is 4.13. The van der Waals surface area contributed by atoms with Crippen LogP contribution in [0.15, 0.2) is 36.4 Å². The third-order valence-corrected chi connectivity index (χ3v) is 8.03. The number of hydrogen-bond donors (Lipinski definition) is 0. The highest BCUT2D eigenvalue weighted by Gasteiger charge is 2.60. The summed E-state index contributed by atoms with van der Waals surface area (Å²) < 4.78 is 15.1. The number of ketones is 1. The Labute approximate surface area is 215 Å². The molecule has 0 N–H and O–H groups in total. The predicted octanol–water partition coefficient (Wildman–Crippen LogP) is 7.03. The Morgan fingerprint density at radius 3 is 2.43 bits per heavy atom. The monoisotopic (exact) mass is 511 g/mol. The first kappa shape index (κ1) is 25.3. The van der Waals surface area contributed by atoms with Crippen LogP contribution in [0.5, 0.6) is 0 Å². The predicted molar refractivity (Wildman–Crippen MR) is 141 cm³/mol. The number of thiocarbonyl (C=S) groups is 1. The maximum absolute atomic E-state index is 15.1. The zero-order valence-corrected chi connectivity index (χ0v) is 21.6. The first-order chi connectivity index (χ1) is 16.6. The van der Waals surface area contributed by atoms with Crippen LogP contribution < -0.4 is 9.80 Å². The van der Waals surface area contributed by atoms with Crippen molar-refractivity contribution in [2.24, 2.45) is 5.41 Å². The van der Waals surface area contributed by atoms with E-state index in [0.29, 0.717) is 19.3 Å². The van der Waals surface area contributed by atoms with Crippen LogP contribution in [-0.2, 0) is 16.0 Å². The number of amides is 1. The first-order valence-electron chi connectivity index (χ1n) is 11.7. The lowest BCUT2D eigenvalue weighted by Crippen LogP contribution is -2.55. The molecule has 0 radical (unpaired) electrons. The van der Waals surface area contributed by atoms with Crippen LogP contribution >= 0.6 is 23.8 Å². The van der Waals surface area contributed by atoms with E-state index in [2.05, 4.69) is 4.85 Å². The van der Waals surface area contributed by atoms with Crippen LogP contribution in [0.3, 0.4) is 0 Å². The molecule has 0 atom stereocenters. The maximum atomic E-state index is 15.1. The molecule has 5 nitrogen and oxygen atoms in total. The number of Topliss-reactive ketones (excluding diaryl/α,β-unsaturated/α-hetero) is 1. The molecule has 35 heavy (non-hydrogen) atoms. The lowest BCUT2D eigenvalue weighted by atomic mass is 9.75. The van der Waals surface area contributed by atoms with Crippen molar-refractivity contribution in [3.8, 4) is 0 Å². The number of anilines is 2. The van der Waals surface area contributed by atoms with Gasteiger partial charge in [0.1, 0.15) is 11.3 Å². The van der Waals surface area contributed by atoms with Gasteiger partial charge < -0.3 is 4.90 Å². The van der Waals surface area contributed by atoms with Crippen molar-refractivity contribution in [2.75, 3.05) is 9.80 Å². The Morgan fingerprint density at radius 2 is 1.89 bits per heavy atom. The molecular weight excluding hydrogens is 485 g/mol. The molecule has 1 aliphatic heterocycles. The Hall–Kier alpha value is -2.82. The van der Waals surface area contributed by atoms with Crippen molar-refractivity contribution in [1.29, 1.82) is 0 Å². The van der Waals surface area contributed by atoms with E-state index in [4.69, 9.17) is 30.4 Å². The molecule has 2 aromatic rings. The Morgan fingerprint density at radius 1 is 1.23 bits per heavy atom. The van der Waals surface area contributed by atoms with Crippen LogP contribution in [-0.4, -0.2) is 22.3 Å². The number of halogens is 2. The van der Waals surface area contributed by atoms with Gasteiger partial charge in [0.2, 0.25) is 5.69 Å². The fraction of sp³-hybridized carbons (Fsp3) is 0.407. The summed E-state index contributed by atoms with van der Waals surface area (Å²) in [6, 6.07) is 10.6. The lowest BCUT2D eigenvalue weighted by molar-refractivity contribution is -0.127. The summed E-state index contributed by atoms with van der Waals surface area (Å²) >= 11 is 11.8. The molecule has 1 aliphatic carbocycles. The molecule has 182 valence electrons. The summed E-state index contributed by atoms with van der Waals surface area (Å²) in [5.41, 5.74) is 0.592. The third-order valence-electron chi connectivity index (χ3n) is 7.30. The van der Waals surface area contributed by atoms with Crippen LogP contribution in [0.2, 0.25) is 5.02 Å². The van der Waals surface area contributed by atoms with Gasteiger partial charge in [0.05, 0.1) is 17.3 Å². The Kier molecular flexibility index (Phi) is 6.74. The molecule has 4 rings (SSSR count). The zero-order valence-electron chi connectivity index (χ0n) is 20.0. The van der Waals surface area contributed by atoms with E-state index in [0.717, 1.165) is 30.5 Å². The number of hydrogen-bond acceptors (Lipinski definition) is 3. The summed E-state index contributed by atoms with van der Waals surface area (Å²) in [6.45, 7) is 13.0. The second kappa shape index (κ2) is 9.33. The van der Waals surface area contributed by atoms with Gasteiger partial charge in [0.25, 0.3) is 5.91 Å². The van der Waals surface area contributed by atoms with E-state index in [1.807, 2.05) is 49.9 Å². The Balaban J connectivity index is 1.63. The van der Waals surface area contributed by atoms with Crippen molar-refractivity contribution < 1.29 is 14.0 Å². The van der Waals surface area contributed by atoms with E-state index in [1.165, 1.54) is 17.0 Å². The van der Waals surface area contributed by atoms with Crippen molar-refractivity contribution in [3.63, 3.8) is 0 Å². The summed E-state index contributed by atoms with van der Waals surface area (Å²) in [5.74, 6) is -0.853. The molecule has 2 aliphatic rings. The molecule has 0 unspecified atom stereocenters. The summed E-state index contributed by atoms with van der Waals surface area (Å²) in [4.78, 5) is 32.0. The highest BCUT2D eigenvalue weighted by atomic mass is 35.5. The van der Waals surface area contributed by atoms with E-state index in [1.54, 1.807) is 0 Å². The fourth-order valence-corrected chi connectivity index (χ4v) is 5.53. The van der Waals surface area contributed by atoms with Crippen molar-refractivity contribution >= 4 is 57.7 Å². The molecule has 0 aromatic heterocycles. The smallest absolute Gasteiger partial charge is 0.259 e. The minimum atomic E-state index is -0.842. The summed E-state index contributed by atoms with van der Waals surface area (Å²) in [5, 5.41) is -0.120. The lowest BCUT2D eigenvalue weighted by Gasteiger charge is -2.43. The van der Waals surface area contributed by atoms with Gasteiger partial charge in [0, 0.05) is 17.5 Å². The highest BCUT2D eigenvalue weighted by molar-refractivity contribution is 7.81. The largest absolute Gasteiger partial charge is 0.303 e. The fourth-order valence-electron chi connectivity index (χ4n) is 4.87. The van der Waals surface area contributed by atoms with Crippen LogP contribution in [0, 0.1) is 17.8 Å². The SMILES string of the molecule is [C-]#[N+]c1ccc(N2C(=O)C3(CCC3)N(c3ccc(CCC(C)(C)C(=O)CC)cc3)C2=S)c(F)c1Cl. The molecule has 0 bridgehead atoms. The molecule has 8 heteroatoms. The standard InChI is InChI=1S/C27H27ClFN3O2S/c1-5-21(33)26(2,3)16-13-17-7-9-18(10-8-17)32-25(35)31(24(34)27(32)14-6-15-27)20-12-11-19(30-4)22(28)23(20)29/h7-12H,5-6,13-16H2,1-3H3. The molecule has 1 saturated carbocycles. The number of nitrogens with zero attached hydrogens (tertiary/aromatic N) is 3. The van der Waals surface area contributed by atoms with Gasteiger partial charge in [-0.3, -0.25) is 14.5 Å². The van der Waals surface area contributed by atoms with E-state index in [-0.39, 0.29) is 38.6 Å². The molecule has 2 aromatic carbocycles. The average molecular weight is 512 g/mol. The van der Waals surface area contributed by atoms with E-state index in [9.17, 15) is 9.59 Å². The molecule has 1 heterocycles. The van der Waals surface area contributed by atoms with Gasteiger partial charge in [0.15, 0.2) is 10.9 Å². The van der Waals surface area contributed by atoms with Gasteiger partial charge in [-0.05, 0) is 68.1 Å². The van der Waals surface area contributed by atoms with Gasteiger partial charge in [-0.1, -0.05) is 50.6 Å². The molecule has 1 amide bonds. The molecule has 2 fully saturated rings. The van der Waals surface area contributed by atoms with Crippen LogP contribution in [0.4, 0.5) is 21.5 Å². The second-order valence-corrected chi connectivity index (χ2v) is 10.6. The van der Waals surface area contributed by atoms with Crippen molar-refractivity contribution in [1.82, 2.24) is 0 Å². The van der Waals surface area contributed by atoms with E-state index >= 15 is 4.39 Å². The summed E-state index contributed by atoms with van der Waals surface area (Å²) in [7, 11) is 0. The quantitative estimate of drug-likeness (QED) is 0.296. The van der Waals surface area contributed by atoms with Gasteiger partial charge >= 0.3 is 0 Å². The van der Waals surface area contributed by atoms with E-state index < -0.39 is 11.4 Å². The molecule has 1 spiro atoms. The second-order valence-electron chi connectivity index (χ2n) is 9.81. The van der Waals surface area contributed by atoms with Gasteiger partial charge in [-0.2, -0.15) is 0 Å². The minimum absolute atomic E-state index is 0.0138. The number of benzene rings is 2. The summed E-state index contributed by atoms with van der Waals surface area (Å²) in [6.07, 6.45) is 4.14. The van der Waals surface area contributed by atoms with Crippen molar-refractivity contribution in [2.45, 2.75) is 64.8 Å². The van der Waals surface area contributed by atoms with Crippen molar-refractivity contribution in [3.05, 3.63) is 64.2 Å². The average Bonchev–Trinajstić information content (AvgIpc) is 3.06. The molecular formula is C27H27ClFN3O2S. The van der Waals surface area contributed by atoms with Gasteiger partial charge in [-0.15, -0.1) is 0 Å². The molecule has 1 saturated heterocycles. The number of aryl methyl sites for hydroxylation is 1. The van der Waals surface area contributed by atoms with Crippen LogP contribution in [0.25, 0.3) is 4.85 Å². The van der Waals surface area contributed by atoms with Crippen LogP contribution in [0.1, 0.15) is 58.4 Å².